The lowest BCUT2D eigenvalue weighted by atomic mass is 10.0. The fourth-order valence-electron chi connectivity index (χ4n) is 4.46. The van der Waals surface area contributed by atoms with Crippen molar-refractivity contribution in [2.75, 3.05) is 57.0 Å². The minimum absolute atomic E-state index is 0.228. The van der Waals surface area contributed by atoms with Crippen molar-refractivity contribution in [3.8, 4) is 0 Å². The van der Waals surface area contributed by atoms with Gasteiger partial charge < -0.3 is 4.90 Å². The lowest BCUT2D eigenvalue weighted by Gasteiger charge is -2.34. The smallest absolute Gasteiger partial charge is 0.321 e. The third kappa shape index (κ3) is 5.91. The topological polar surface area (TPSA) is 64.2 Å². The van der Waals surface area contributed by atoms with Crippen molar-refractivity contribution < 1.29 is 26.4 Å². The molecule has 1 unspecified atom stereocenters. The first-order chi connectivity index (χ1) is 16.4. The number of benzene rings is 2. The molecular formula is C23H26ClF3N4O3S. The Morgan fingerprint density at radius 2 is 1.66 bits per heavy atom. The molecule has 0 saturated carbocycles. The van der Waals surface area contributed by atoms with Crippen molar-refractivity contribution in [2.24, 2.45) is 0 Å². The Balaban J connectivity index is 1.52. The van der Waals surface area contributed by atoms with Gasteiger partial charge in [0.2, 0.25) is 10.0 Å². The molecule has 0 aliphatic carbocycles. The summed E-state index contributed by atoms with van der Waals surface area (Å²) in [6, 6.07) is 10.8. The molecule has 190 valence electrons. The zero-order valence-corrected chi connectivity index (χ0v) is 20.7. The van der Waals surface area contributed by atoms with Crippen LogP contribution in [0, 0.1) is 0 Å². The van der Waals surface area contributed by atoms with E-state index in [1.54, 1.807) is 35.2 Å². The number of carbonyl (C=O) groups excluding carboxylic acids is 1. The second-order valence-corrected chi connectivity index (χ2v) is 11.1. The fourth-order valence-corrected chi connectivity index (χ4v) is 5.41. The van der Waals surface area contributed by atoms with Crippen LogP contribution in [0.2, 0.25) is 5.02 Å². The molecule has 0 aromatic heterocycles. The van der Waals surface area contributed by atoms with Gasteiger partial charge in [0.15, 0.2) is 0 Å². The molecule has 2 amide bonds. The molecule has 2 heterocycles. The van der Waals surface area contributed by atoms with Crippen LogP contribution in [0.5, 0.6) is 0 Å². The minimum atomic E-state index is -4.49. The van der Waals surface area contributed by atoms with E-state index in [1.807, 2.05) is 0 Å². The van der Waals surface area contributed by atoms with E-state index in [2.05, 4.69) is 4.90 Å². The van der Waals surface area contributed by atoms with Gasteiger partial charge in [-0.1, -0.05) is 23.7 Å². The Hall–Kier alpha value is -2.34. The van der Waals surface area contributed by atoms with Gasteiger partial charge >= 0.3 is 12.2 Å². The van der Waals surface area contributed by atoms with Crippen LogP contribution in [0.4, 0.5) is 23.7 Å². The maximum absolute atomic E-state index is 13.4. The van der Waals surface area contributed by atoms with Crippen molar-refractivity contribution in [1.29, 1.82) is 0 Å². The zero-order valence-electron chi connectivity index (χ0n) is 19.1. The van der Waals surface area contributed by atoms with Crippen LogP contribution in [-0.2, 0) is 16.2 Å². The molecule has 7 nitrogen and oxygen atoms in total. The number of hydrogen-bond acceptors (Lipinski definition) is 4. The first-order valence-electron chi connectivity index (χ1n) is 11.1. The molecule has 4 rings (SSSR count). The highest BCUT2D eigenvalue weighted by Gasteiger charge is 2.40. The largest absolute Gasteiger partial charge is 0.416 e. The number of carbonyl (C=O) groups is 1. The SMILES string of the molecule is CS(=O)(=O)N1CCN(CCN2CC(c3cccc(C(F)(F)F)c3)N(c3ccc(Cl)cc3)C2=O)CC1. The van der Waals surface area contributed by atoms with E-state index < -0.39 is 27.8 Å². The Labute approximate surface area is 207 Å². The molecule has 12 heteroatoms. The van der Waals surface area contributed by atoms with Gasteiger partial charge in [0, 0.05) is 56.5 Å². The lowest BCUT2D eigenvalue weighted by Crippen LogP contribution is -2.50. The number of urea groups is 1. The summed E-state index contributed by atoms with van der Waals surface area (Å²) in [5.74, 6) is 0. The van der Waals surface area contributed by atoms with E-state index in [1.165, 1.54) is 21.5 Å². The van der Waals surface area contributed by atoms with Gasteiger partial charge in [-0.15, -0.1) is 0 Å². The highest BCUT2D eigenvalue weighted by molar-refractivity contribution is 7.88. The maximum Gasteiger partial charge on any atom is 0.416 e. The molecule has 0 N–H and O–H groups in total. The average Bonchev–Trinajstić information content (AvgIpc) is 3.13. The average molecular weight is 531 g/mol. The molecule has 0 bridgehead atoms. The van der Waals surface area contributed by atoms with Crippen molar-refractivity contribution in [2.45, 2.75) is 12.2 Å². The van der Waals surface area contributed by atoms with Gasteiger partial charge in [0.05, 0.1) is 17.9 Å². The monoisotopic (exact) mass is 530 g/mol. The molecule has 0 radical (unpaired) electrons. The summed E-state index contributed by atoms with van der Waals surface area (Å²) >= 11 is 6.00. The number of halogens is 4. The molecule has 2 saturated heterocycles. The molecular weight excluding hydrogens is 505 g/mol. The summed E-state index contributed by atoms with van der Waals surface area (Å²) in [4.78, 5) is 18.6. The second kappa shape index (κ2) is 9.96. The second-order valence-electron chi connectivity index (χ2n) is 8.72. The summed E-state index contributed by atoms with van der Waals surface area (Å²) in [5.41, 5.74) is 0.180. The number of rotatable bonds is 6. The summed E-state index contributed by atoms with van der Waals surface area (Å²) in [6.07, 6.45) is -3.30. The third-order valence-electron chi connectivity index (χ3n) is 6.37. The van der Waals surface area contributed by atoms with Crippen LogP contribution in [-0.4, -0.2) is 80.6 Å². The summed E-state index contributed by atoms with van der Waals surface area (Å²) in [7, 11) is -3.24. The fraction of sp³-hybridized carbons (Fsp3) is 0.435. The minimum Gasteiger partial charge on any atom is -0.321 e. The number of piperazine rings is 1. The van der Waals surface area contributed by atoms with Crippen LogP contribution >= 0.6 is 11.6 Å². The lowest BCUT2D eigenvalue weighted by molar-refractivity contribution is -0.137. The normalized spacial score (nSPS) is 20.6. The van der Waals surface area contributed by atoms with E-state index in [-0.39, 0.29) is 12.6 Å². The molecule has 35 heavy (non-hydrogen) atoms. The first-order valence-corrected chi connectivity index (χ1v) is 13.3. The van der Waals surface area contributed by atoms with Gasteiger partial charge in [0.1, 0.15) is 0 Å². The van der Waals surface area contributed by atoms with Crippen LogP contribution < -0.4 is 4.90 Å². The summed E-state index contributed by atoms with van der Waals surface area (Å²) < 4.78 is 64.9. The number of hydrogen-bond donors (Lipinski definition) is 0. The van der Waals surface area contributed by atoms with E-state index in [9.17, 15) is 26.4 Å². The van der Waals surface area contributed by atoms with Gasteiger partial charge in [-0.3, -0.25) is 9.80 Å². The van der Waals surface area contributed by atoms with E-state index in [4.69, 9.17) is 11.6 Å². The standard InChI is InChI=1S/C23H26ClF3N4O3S/c1-35(33,34)30-13-10-28(11-14-30)9-12-29-16-21(17-3-2-4-18(15-17)23(25,26)27)31(22(29)32)20-7-5-19(24)6-8-20/h2-8,15,21H,9-14,16H2,1H3. The molecule has 2 aromatic carbocycles. The Morgan fingerprint density at radius 1 is 1.00 bits per heavy atom. The summed E-state index contributed by atoms with van der Waals surface area (Å²) in [5, 5.41) is 0.487. The van der Waals surface area contributed by atoms with Crippen molar-refractivity contribution in [1.82, 2.24) is 14.1 Å². The molecule has 2 aliphatic rings. The van der Waals surface area contributed by atoms with E-state index in [0.29, 0.717) is 55.5 Å². The van der Waals surface area contributed by atoms with E-state index in [0.717, 1.165) is 12.1 Å². The summed E-state index contributed by atoms with van der Waals surface area (Å²) in [6.45, 7) is 3.00. The first kappa shape index (κ1) is 25.7. The number of nitrogens with zero attached hydrogens (tertiary/aromatic N) is 4. The highest BCUT2D eigenvalue weighted by Crippen LogP contribution is 2.37. The number of alkyl halides is 3. The third-order valence-corrected chi connectivity index (χ3v) is 7.93. The van der Waals surface area contributed by atoms with Gasteiger partial charge in [0.25, 0.3) is 0 Å². The van der Waals surface area contributed by atoms with E-state index >= 15 is 0 Å². The van der Waals surface area contributed by atoms with Gasteiger partial charge in [-0.05, 0) is 42.0 Å². The van der Waals surface area contributed by atoms with Crippen molar-refractivity contribution >= 4 is 33.3 Å². The van der Waals surface area contributed by atoms with Crippen LogP contribution in [0.25, 0.3) is 0 Å². The molecule has 2 fully saturated rings. The Morgan fingerprint density at radius 3 is 2.26 bits per heavy atom. The number of sulfonamides is 1. The van der Waals surface area contributed by atoms with Gasteiger partial charge in [-0.2, -0.15) is 17.5 Å². The van der Waals surface area contributed by atoms with Crippen molar-refractivity contribution in [3.63, 3.8) is 0 Å². The number of anilines is 1. The molecule has 2 aromatic rings. The maximum atomic E-state index is 13.4. The molecule has 0 spiro atoms. The predicted molar refractivity (Wildman–Crippen MR) is 128 cm³/mol. The number of amides is 2. The van der Waals surface area contributed by atoms with Gasteiger partial charge in [-0.25, -0.2) is 13.2 Å². The Bertz CT molecular complexity index is 1170. The van der Waals surface area contributed by atoms with Crippen molar-refractivity contribution in [3.05, 3.63) is 64.7 Å². The molecule has 2 aliphatic heterocycles. The van der Waals surface area contributed by atoms with Crippen LogP contribution in [0.3, 0.4) is 0 Å². The zero-order chi connectivity index (χ0) is 25.4. The predicted octanol–water partition coefficient (Wildman–Crippen LogP) is 3.92. The van der Waals surface area contributed by atoms with Crippen LogP contribution in [0.1, 0.15) is 17.2 Å². The molecule has 1 atom stereocenters. The van der Waals surface area contributed by atoms with Crippen LogP contribution in [0.15, 0.2) is 48.5 Å². The highest BCUT2D eigenvalue weighted by atomic mass is 35.5. The Kier molecular flexibility index (Phi) is 7.33. The quantitative estimate of drug-likeness (QED) is 0.568.